The van der Waals surface area contributed by atoms with Gasteiger partial charge in [-0.05, 0) is 32.3 Å². The van der Waals surface area contributed by atoms with Gasteiger partial charge in [0.2, 0.25) is 0 Å². The van der Waals surface area contributed by atoms with Crippen molar-refractivity contribution in [2.45, 2.75) is 37.3 Å². The first-order chi connectivity index (χ1) is 7.49. The van der Waals surface area contributed by atoms with Gasteiger partial charge in [-0.3, -0.25) is 0 Å². The van der Waals surface area contributed by atoms with Crippen molar-refractivity contribution in [1.82, 2.24) is 0 Å². The van der Waals surface area contributed by atoms with Gasteiger partial charge in [0, 0.05) is 17.5 Å². The van der Waals surface area contributed by atoms with Gasteiger partial charge >= 0.3 is 0 Å². The molecular weight excluding hydrogens is 205 g/mol. The Labute approximate surface area is 95.3 Å². The fourth-order valence-corrected chi connectivity index (χ4v) is 2.82. The molecule has 2 nitrogen and oxygen atoms in total. The Hall–Kier alpha value is -1.09. The highest BCUT2D eigenvalue weighted by Gasteiger charge is 2.47. The standard InChI is InChI=1S/C13H18FNO/c1-12(14)6-7-13(8-12,9-15)10-4-2-3-5-11(10)16/h2-5,16H,6-9,15H2,1H3. The average Bonchev–Trinajstić information content (AvgIpc) is 2.56. The number of halogens is 1. The second kappa shape index (κ2) is 3.74. The van der Waals surface area contributed by atoms with Crippen LogP contribution >= 0.6 is 0 Å². The van der Waals surface area contributed by atoms with Crippen LogP contribution in [0.3, 0.4) is 0 Å². The number of phenols is 1. The van der Waals surface area contributed by atoms with Crippen molar-refractivity contribution in [3.63, 3.8) is 0 Å². The highest BCUT2D eigenvalue weighted by molar-refractivity contribution is 5.40. The Balaban J connectivity index is 2.41. The Morgan fingerprint density at radius 1 is 1.38 bits per heavy atom. The van der Waals surface area contributed by atoms with Crippen LogP contribution in [-0.4, -0.2) is 17.3 Å². The van der Waals surface area contributed by atoms with Gasteiger partial charge in [-0.15, -0.1) is 0 Å². The molecule has 0 bridgehead atoms. The third-order valence-electron chi connectivity index (χ3n) is 3.70. The maximum Gasteiger partial charge on any atom is 0.119 e. The fraction of sp³-hybridized carbons (Fsp3) is 0.538. The first kappa shape index (κ1) is 11.4. The van der Waals surface area contributed by atoms with E-state index in [-0.39, 0.29) is 5.75 Å². The maximum absolute atomic E-state index is 14.0. The molecule has 0 heterocycles. The number of hydrogen-bond donors (Lipinski definition) is 2. The summed E-state index contributed by atoms with van der Waals surface area (Å²) < 4.78 is 14.0. The average molecular weight is 223 g/mol. The number of benzene rings is 1. The zero-order chi connectivity index (χ0) is 11.8. The first-order valence-electron chi connectivity index (χ1n) is 5.67. The van der Waals surface area contributed by atoms with Crippen LogP contribution in [0.2, 0.25) is 0 Å². The van der Waals surface area contributed by atoms with E-state index in [1.165, 1.54) is 0 Å². The Morgan fingerprint density at radius 3 is 2.56 bits per heavy atom. The molecule has 1 aromatic rings. The number of nitrogens with two attached hydrogens (primary N) is 1. The molecule has 2 unspecified atom stereocenters. The molecule has 1 aliphatic carbocycles. The van der Waals surface area contributed by atoms with Crippen LogP contribution in [0.15, 0.2) is 24.3 Å². The van der Waals surface area contributed by atoms with Crippen molar-refractivity contribution < 1.29 is 9.50 Å². The summed E-state index contributed by atoms with van der Waals surface area (Å²) in [5.74, 6) is 0.227. The first-order valence-corrected chi connectivity index (χ1v) is 5.67. The van der Waals surface area contributed by atoms with Gasteiger partial charge in [0.1, 0.15) is 11.4 Å². The quantitative estimate of drug-likeness (QED) is 0.809. The molecule has 16 heavy (non-hydrogen) atoms. The highest BCUT2D eigenvalue weighted by atomic mass is 19.1. The lowest BCUT2D eigenvalue weighted by molar-refractivity contribution is 0.186. The smallest absolute Gasteiger partial charge is 0.119 e. The number of para-hydroxylation sites is 1. The van der Waals surface area contributed by atoms with E-state index < -0.39 is 11.1 Å². The second-order valence-corrected chi connectivity index (χ2v) is 5.09. The minimum atomic E-state index is -1.17. The topological polar surface area (TPSA) is 46.2 Å². The zero-order valence-electron chi connectivity index (χ0n) is 9.54. The Morgan fingerprint density at radius 2 is 2.06 bits per heavy atom. The van der Waals surface area contributed by atoms with Gasteiger partial charge in [0.25, 0.3) is 0 Å². The summed E-state index contributed by atoms with van der Waals surface area (Å²) in [5, 5.41) is 9.86. The van der Waals surface area contributed by atoms with Crippen LogP contribution in [0.5, 0.6) is 5.75 Å². The third kappa shape index (κ3) is 1.80. The SMILES string of the molecule is CC1(F)CCC(CN)(c2ccccc2O)C1. The maximum atomic E-state index is 14.0. The minimum Gasteiger partial charge on any atom is -0.508 e. The van der Waals surface area contributed by atoms with Crippen LogP contribution in [0.25, 0.3) is 0 Å². The lowest BCUT2D eigenvalue weighted by Crippen LogP contribution is -2.34. The lowest BCUT2D eigenvalue weighted by atomic mass is 9.77. The number of alkyl halides is 1. The molecular formula is C13H18FNO. The van der Waals surface area contributed by atoms with E-state index in [2.05, 4.69) is 0 Å². The summed E-state index contributed by atoms with van der Waals surface area (Å²) in [4.78, 5) is 0. The van der Waals surface area contributed by atoms with Gasteiger partial charge in [-0.1, -0.05) is 18.2 Å². The lowest BCUT2D eigenvalue weighted by Gasteiger charge is -2.29. The monoisotopic (exact) mass is 223 g/mol. The predicted octanol–water partition coefficient (Wildman–Crippen LogP) is 2.50. The molecule has 1 aromatic carbocycles. The molecule has 0 saturated heterocycles. The number of phenolic OH excluding ortho intramolecular Hbond substituents is 1. The van der Waals surface area contributed by atoms with E-state index >= 15 is 0 Å². The summed E-state index contributed by atoms with van der Waals surface area (Å²) >= 11 is 0. The molecule has 2 rings (SSSR count). The highest BCUT2D eigenvalue weighted by Crippen LogP contribution is 2.49. The molecule has 1 aliphatic rings. The van der Waals surface area contributed by atoms with Crippen molar-refractivity contribution >= 4 is 0 Å². The summed E-state index contributed by atoms with van der Waals surface area (Å²) in [6.45, 7) is 1.99. The largest absolute Gasteiger partial charge is 0.508 e. The van der Waals surface area contributed by atoms with Gasteiger partial charge in [-0.25, -0.2) is 4.39 Å². The molecule has 1 saturated carbocycles. The molecule has 2 atom stereocenters. The normalized spacial score (nSPS) is 34.2. The molecule has 3 heteroatoms. The molecule has 0 radical (unpaired) electrons. The van der Waals surface area contributed by atoms with E-state index in [1.807, 2.05) is 12.1 Å². The van der Waals surface area contributed by atoms with E-state index in [0.717, 1.165) is 5.56 Å². The third-order valence-corrected chi connectivity index (χ3v) is 3.70. The van der Waals surface area contributed by atoms with Crippen LogP contribution in [0.4, 0.5) is 4.39 Å². The molecule has 1 fully saturated rings. The van der Waals surface area contributed by atoms with Crippen molar-refractivity contribution in [3.05, 3.63) is 29.8 Å². The van der Waals surface area contributed by atoms with E-state index in [4.69, 9.17) is 5.73 Å². The van der Waals surface area contributed by atoms with Crippen LogP contribution in [0.1, 0.15) is 31.7 Å². The number of rotatable bonds is 2. The molecule has 0 aromatic heterocycles. The van der Waals surface area contributed by atoms with Crippen molar-refractivity contribution in [2.24, 2.45) is 5.73 Å². The van der Waals surface area contributed by atoms with E-state index in [0.29, 0.717) is 25.8 Å². The molecule has 3 N–H and O–H groups in total. The van der Waals surface area contributed by atoms with Crippen LogP contribution in [-0.2, 0) is 5.41 Å². The Bertz CT molecular complexity index is 391. The summed E-state index contributed by atoms with van der Waals surface area (Å²) in [6.07, 6.45) is 1.61. The van der Waals surface area contributed by atoms with Crippen molar-refractivity contribution in [2.75, 3.05) is 6.54 Å². The van der Waals surface area contributed by atoms with Crippen LogP contribution < -0.4 is 5.73 Å². The molecule has 0 spiro atoms. The molecule has 0 aliphatic heterocycles. The van der Waals surface area contributed by atoms with Crippen LogP contribution in [0, 0.1) is 0 Å². The zero-order valence-corrected chi connectivity index (χ0v) is 9.54. The second-order valence-electron chi connectivity index (χ2n) is 5.09. The number of hydrogen-bond acceptors (Lipinski definition) is 2. The van der Waals surface area contributed by atoms with Gasteiger partial charge in [0.15, 0.2) is 0 Å². The van der Waals surface area contributed by atoms with Crippen molar-refractivity contribution in [3.8, 4) is 5.75 Å². The van der Waals surface area contributed by atoms with E-state index in [9.17, 15) is 9.50 Å². The predicted molar refractivity (Wildman–Crippen MR) is 62.2 cm³/mol. The minimum absolute atomic E-state index is 0.227. The van der Waals surface area contributed by atoms with Gasteiger partial charge < -0.3 is 10.8 Å². The van der Waals surface area contributed by atoms with Crippen molar-refractivity contribution in [1.29, 1.82) is 0 Å². The molecule has 88 valence electrons. The fourth-order valence-electron chi connectivity index (χ4n) is 2.82. The van der Waals surface area contributed by atoms with Gasteiger partial charge in [-0.2, -0.15) is 0 Å². The van der Waals surface area contributed by atoms with Gasteiger partial charge in [0.05, 0.1) is 0 Å². The number of aromatic hydroxyl groups is 1. The summed E-state index contributed by atoms with van der Waals surface area (Å²) in [7, 11) is 0. The Kier molecular flexibility index (Phi) is 2.66. The summed E-state index contributed by atoms with van der Waals surface area (Å²) in [6, 6.07) is 7.12. The molecule has 0 amide bonds. The summed E-state index contributed by atoms with van der Waals surface area (Å²) in [5.41, 5.74) is 5.04. The van der Waals surface area contributed by atoms with E-state index in [1.54, 1.807) is 19.1 Å².